The molecule has 5 nitrogen and oxygen atoms in total. The largest absolute Gasteiger partial charge is 0.481 e. The summed E-state index contributed by atoms with van der Waals surface area (Å²) in [6.45, 7) is 0.816. The molecule has 1 heterocycles. The van der Waals surface area contributed by atoms with Crippen molar-refractivity contribution in [3.8, 4) is 0 Å². The molecule has 0 fully saturated rings. The number of benzene rings is 1. The van der Waals surface area contributed by atoms with Crippen molar-refractivity contribution >= 4 is 22.7 Å². The van der Waals surface area contributed by atoms with E-state index in [1.54, 1.807) is 18.2 Å². The lowest BCUT2D eigenvalue weighted by Crippen LogP contribution is -1.97. The first-order valence-corrected chi connectivity index (χ1v) is 6.61. The number of aryl methyl sites for hydroxylation is 1. The number of carboxylic acid groups (broad SMARTS) is 2. The Kier molecular flexibility index (Phi) is 4.40. The third-order valence-corrected chi connectivity index (χ3v) is 3.25. The van der Waals surface area contributed by atoms with E-state index in [0.29, 0.717) is 6.42 Å². The Morgan fingerprint density at radius 3 is 2.45 bits per heavy atom. The molecule has 0 saturated carbocycles. The summed E-state index contributed by atoms with van der Waals surface area (Å²) in [5.41, 5.74) is 0.289. The summed E-state index contributed by atoms with van der Waals surface area (Å²) < 4.78 is 2.02. The highest BCUT2D eigenvalue weighted by Gasteiger charge is 2.05. The number of aliphatic carboxylic acids is 1. The Morgan fingerprint density at radius 2 is 1.75 bits per heavy atom. The minimum Gasteiger partial charge on any atom is -0.481 e. The van der Waals surface area contributed by atoms with Crippen LogP contribution in [-0.2, 0) is 11.3 Å². The van der Waals surface area contributed by atoms with Gasteiger partial charge in [0.15, 0.2) is 0 Å². The van der Waals surface area contributed by atoms with Crippen molar-refractivity contribution in [2.24, 2.45) is 0 Å². The number of fused-ring (bicyclic) bond motifs is 1. The van der Waals surface area contributed by atoms with Crippen LogP contribution in [0, 0.1) is 0 Å². The molecule has 0 spiro atoms. The standard InChI is InChI=1S/C15H17NO4/c17-14(18)4-2-1-3-7-16-9-12-6-5-11(15(19)20)8-13(12)10-16/h5-6,8-10H,1-4,7H2,(H,17,18)(H,19,20). The molecule has 20 heavy (non-hydrogen) atoms. The van der Waals surface area contributed by atoms with E-state index in [9.17, 15) is 9.59 Å². The summed E-state index contributed by atoms with van der Waals surface area (Å²) >= 11 is 0. The van der Waals surface area contributed by atoms with Crippen LogP contribution in [0.1, 0.15) is 36.0 Å². The summed E-state index contributed by atoms with van der Waals surface area (Å²) in [6, 6.07) is 5.07. The fourth-order valence-corrected chi connectivity index (χ4v) is 2.21. The number of aromatic nitrogens is 1. The fraction of sp³-hybridized carbons (Fsp3) is 0.333. The van der Waals surface area contributed by atoms with E-state index in [-0.39, 0.29) is 12.0 Å². The van der Waals surface area contributed by atoms with Crippen LogP contribution >= 0.6 is 0 Å². The Morgan fingerprint density at radius 1 is 1.00 bits per heavy atom. The third-order valence-electron chi connectivity index (χ3n) is 3.25. The second kappa shape index (κ2) is 6.23. The molecule has 0 saturated heterocycles. The molecule has 2 rings (SSSR count). The fourth-order valence-electron chi connectivity index (χ4n) is 2.21. The normalized spacial score (nSPS) is 10.8. The molecule has 0 radical (unpaired) electrons. The number of hydrogen-bond acceptors (Lipinski definition) is 2. The van der Waals surface area contributed by atoms with Crippen LogP contribution in [0.25, 0.3) is 10.8 Å². The zero-order valence-electron chi connectivity index (χ0n) is 11.1. The topological polar surface area (TPSA) is 79.5 Å². The van der Waals surface area contributed by atoms with Gasteiger partial charge in [-0.3, -0.25) is 4.79 Å². The first kappa shape index (κ1) is 14.1. The number of nitrogens with zero attached hydrogens (tertiary/aromatic N) is 1. The smallest absolute Gasteiger partial charge is 0.335 e. The van der Waals surface area contributed by atoms with Gasteiger partial charge < -0.3 is 14.8 Å². The summed E-state index contributed by atoms with van der Waals surface area (Å²) in [4.78, 5) is 21.3. The van der Waals surface area contributed by atoms with Gasteiger partial charge in [-0.15, -0.1) is 0 Å². The van der Waals surface area contributed by atoms with Gasteiger partial charge in [0.25, 0.3) is 0 Å². The highest BCUT2D eigenvalue weighted by molar-refractivity contribution is 5.94. The van der Waals surface area contributed by atoms with Crippen LogP contribution < -0.4 is 0 Å². The Hall–Kier alpha value is -2.30. The molecular weight excluding hydrogens is 258 g/mol. The molecule has 2 aromatic rings. The van der Waals surface area contributed by atoms with Crippen LogP contribution in [0.4, 0.5) is 0 Å². The van der Waals surface area contributed by atoms with Gasteiger partial charge in [0, 0.05) is 30.7 Å². The molecular formula is C15H17NO4. The number of carbonyl (C=O) groups is 2. The highest BCUT2D eigenvalue weighted by Crippen LogP contribution is 2.18. The Bertz CT molecular complexity index is 630. The molecule has 0 aliphatic heterocycles. The molecule has 0 aliphatic rings. The van der Waals surface area contributed by atoms with Crippen molar-refractivity contribution < 1.29 is 19.8 Å². The third kappa shape index (κ3) is 3.60. The Labute approximate surface area is 116 Å². The van der Waals surface area contributed by atoms with Gasteiger partial charge in [0.2, 0.25) is 0 Å². The van der Waals surface area contributed by atoms with E-state index >= 15 is 0 Å². The maximum Gasteiger partial charge on any atom is 0.335 e. The molecule has 0 unspecified atom stereocenters. The number of aromatic carboxylic acids is 1. The minimum atomic E-state index is -0.923. The molecule has 2 N–H and O–H groups in total. The molecule has 0 amide bonds. The SMILES string of the molecule is O=C(O)CCCCCn1cc2ccc(C(=O)O)cc2c1. The van der Waals surface area contributed by atoms with Crippen LogP contribution in [0.5, 0.6) is 0 Å². The van der Waals surface area contributed by atoms with Crippen LogP contribution in [-0.4, -0.2) is 26.7 Å². The average molecular weight is 275 g/mol. The molecule has 1 aromatic carbocycles. The summed E-state index contributed by atoms with van der Waals surface area (Å²) in [5.74, 6) is -1.67. The lowest BCUT2D eigenvalue weighted by Gasteiger charge is -2.01. The first-order valence-electron chi connectivity index (χ1n) is 6.61. The van der Waals surface area contributed by atoms with Gasteiger partial charge in [-0.25, -0.2) is 4.79 Å². The molecule has 5 heteroatoms. The van der Waals surface area contributed by atoms with Crippen molar-refractivity contribution in [1.82, 2.24) is 4.57 Å². The maximum absolute atomic E-state index is 10.9. The Balaban J connectivity index is 1.94. The van der Waals surface area contributed by atoms with Crippen LogP contribution in [0.2, 0.25) is 0 Å². The lowest BCUT2D eigenvalue weighted by molar-refractivity contribution is -0.137. The number of unbranched alkanes of at least 4 members (excludes halogenated alkanes) is 2. The number of hydrogen-bond donors (Lipinski definition) is 2. The van der Waals surface area contributed by atoms with E-state index in [1.807, 2.05) is 17.0 Å². The zero-order chi connectivity index (χ0) is 14.5. The van der Waals surface area contributed by atoms with Crippen molar-refractivity contribution in [2.45, 2.75) is 32.2 Å². The maximum atomic E-state index is 10.9. The zero-order valence-corrected chi connectivity index (χ0v) is 11.1. The second-order valence-electron chi connectivity index (χ2n) is 4.85. The van der Waals surface area contributed by atoms with Gasteiger partial charge in [0.05, 0.1) is 5.56 Å². The van der Waals surface area contributed by atoms with E-state index < -0.39 is 11.9 Å². The van der Waals surface area contributed by atoms with Gasteiger partial charge in [-0.2, -0.15) is 0 Å². The van der Waals surface area contributed by atoms with Crippen molar-refractivity contribution in [3.05, 3.63) is 36.2 Å². The number of rotatable bonds is 7. The predicted molar refractivity (Wildman–Crippen MR) is 75.0 cm³/mol. The first-order chi connectivity index (χ1) is 9.56. The van der Waals surface area contributed by atoms with Crippen molar-refractivity contribution in [1.29, 1.82) is 0 Å². The molecule has 0 atom stereocenters. The summed E-state index contributed by atoms with van der Waals surface area (Å²) in [7, 11) is 0. The lowest BCUT2D eigenvalue weighted by atomic mass is 10.1. The molecule has 106 valence electrons. The second-order valence-corrected chi connectivity index (χ2v) is 4.85. The van der Waals surface area contributed by atoms with Gasteiger partial charge in [-0.1, -0.05) is 12.5 Å². The quantitative estimate of drug-likeness (QED) is 0.761. The minimum absolute atomic E-state index is 0.218. The van der Waals surface area contributed by atoms with Crippen molar-refractivity contribution in [2.75, 3.05) is 0 Å². The van der Waals surface area contributed by atoms with Gasteiger partial charge in [0.1, 0.15) is 0 Å². The number of carboxylic acids is 2. The van der Waals surface area contributed by atoms with Crippen LogP contribution in [0.15, 0.2) is 30.6 Å². The molecule has 0 aliphatic carbocycles. The molecule has 0 bridgehead atoms. The molecule has 1 aromatic heterocycles. The average Bonchev–Trinajstić information content (AvgIpc) is 2.79. The predicted octanol–water partition coefficient (Wildman–Crippen LogP) is 2.98. The van der Waals surface area contributed by atoms with E-state index in [4.69, 9.17) is 10.2 Å². The highest BCUT2D eigenvalue weighted by atomic mass is 16.4. The van der Waals surface area contributed by atoms with Gasteiger partial charge >= 0.3 is 11.9 Å². The van der Waals surface area contributed by atoms with E-state index in [2.05, 4.69) is 0 Å². The monoisotopic (exact) mass is 275 g/mol. The van der Waals surface area contributed by atoms with Crippen LogP contribution in [0.3, 0.4) is 0 Å². The van der Waals surface area contributed by atoms with E-state index in [1.165, 1.54) is 0 Å². The van der Waals surface area contributed by atoms with Crippen molar-refractivity contribution in [3.63, 3.8) is 0 Å². The summed E-state index contributed by atoms with van der Waals surface area (Å²) in [5, 5.41) is 19.4. The summed E-state index contributed by atoms with van der Waals surface area (Å²) in [6.07, 6.45) is 6.62. The van der Waals surface area contributed by atoms with Gasteiger partial charge in [-0.05, 0) is 30.4 Å². The van der Waals surface area contributed by atoms with E-state index in [0.717, 1.165) is 30.2 Å².